The van der Waals surface area contributed by atoms with Crippen molar-refractivity contribution in [1.82, 2.24) is 9.79 Å². The highest BCUT2D eigenvalue weighted by Crippen LogP contribution is 2.05. The lowest BCUT2D eigenvalue weighted by atomic mass is 10.4. The largest absolute Gasteiger partial charge is 0.356 e. The van der Waals surface area contributed by atoms with Crippen LogP contribution in [0.15, 0.2) is 22.9 Å². The summed E-state index contributed by atoms with van der Waals surface area (Å²) in [5.74, 6) is 0.517. The van der Waals surface area contributed by atoms with Gasteiger partial charge in [0, 0.05) is 6.07 Å². The van der Waals surface area contributed by atoms with Crippen LogP contribution in [0.5, 0.6) is 0 Å². The highest BCUT2D eigenvalue weighted by Gasteiger charge is 1.98. The summed E-state index contributed by atoms with van der Waals surface area (Å²) in [7, 11) is 0. The van der Waals surface area contributed by atoms with Crippen LogP contribution in [0, 0.1) is 5.41 Å². The average Bonchev–Trinajstić information content (AvgIpc) is 2.42. The van der Waals surface area contributed by atoms with E-state index in [1.807, 2.05) is 6.07 Å². The molecule has 2 heterocycles. The number of nitrogens with one attached hydrogen (secondary N) is 1. The van der Waals surface area contributed by atoms with E-state index in [4.69, 9.17) is 9.93 Å². The minimum absolute atomic E-state index is 0.517. The van der Waals surface area contributed by atoms with E-state index in [-0.39, 0.29) is 0 Å². The van der Waals surface area contributed by atoms with E-state index in [1.165, 1.54) is 4.69 Å². The van der Waals surface area contributed by atoms with Crippen LogP contribution in [0.4, 0.5) is 0 Å². The molecule has 0 aromatic carbocycles. The lowest BCUT2D eigenvalue weighted by Crippen LogP contribution is -1.77. The van der Waals surface area contributed by atoms with Crippen LogP contribution in [0.25, 0.3) is 5.52 Å². The van der Waals surface area contributed by atoms with Crippen LogP contribution in [-0.2, 0) is 0 Å². The molecule has 0 aliphatic carbocycles. The van der Waals surface area contributed by atoms with E-state index >= 15 is 0 Å². The number of nitrogens with zero attached hydrogens (tertiary/aromatic N) is 2. The van der Waals surface area contributed by atoms with Gasteiger partial charge in [-0.05, 0) is 6.07 Å². The van der Waals surface area contributed by atoms with Crippen LogP contribution < -0.4 is 0 Å². The summed E-state index contributed by atoms with van der Waals surface area (Å²) in [5, 5.41) is 10.7. The molecular formula is C6H5N3O. The van der Waals surface area contributed by atoms with Crippen molar-refractivity contribution in [2.24, 2.45) is 0 Å². The van der Waals surface area contributed by atoms with Crippen LogP contribution >= 0.6 is 0 Å². The topological polar surface area (TPSA) is 54.3 Å². The van der Waals surface area contributed by atoms with Gasteiger partial charge in [0.25, 0.3) is 0 Å². The van der Waals surface area contributed by atoms with Gasteiger partial charge in [-0.1, -0.05) is 4.69 Å². The maximum absolute atomic E-state index is 6.86. The zero-order chi connectivity index (χ0) is 6.97. The molecule has 0 fully saturated rings. The van der Waals surface area contributed by atoms with Crippen molar-refractivity contribution in [2.45, 2.75) is 0 Å². The molecule has 2 rings (SSSR count). The molecule has 0 aliphatic rings. The fourth-order valence-corrected chi connectivity index (χ4v) is 0.820. The standard InChI is InChI=1S/C6H5N3O/c7-4-6-3-5-1-2-8-9(5)10-6/h1-4,7H. The van der Waals surface area contributed by atoms with Crippen LogP contribution in [0.1, 0.15) is 5.76 Å². The quantitative estimate of drug-likeness (QED) is 0.591. The molecule has 0 spiro atoms. The molecule has 2 aromatic rings. The second kappa shape index (κ2) is 1.70. The zero-order valence-electron chi connectivity index (χ0n) is 5.11. The molecule has 0 saturated heterocycles. The van der Waals surface area contributed by atoms with Gasteiger partial charge in [0.15, 0.2) is 5.76 Å². The number of hydrogen-bond acceptors (Lipinski definition) is 3. The van der Waals surface area contributed by atoms with Gasteiger partial charge >= 0.3 is 0 Å². The molecule has 50 valence electrons. The van der Waals surface area contributed by atoms with Gasteiger partial charge in [-0.25, -0.2) is 0 Å². The number of rotatable bonds is 1. The number of fused-ring (bicyclic) bond motifs is 1. The first kappa shape index (κ1) is 5.22. The molecule has 0 saturated carbocycles. The molecule has 4 heteroatoms. The Bertz CT molecular complexity index is 331. The van der Waals surface area contributed by atoms with Gasteiger partial charge < -0.3 is 9.93 Å². The van der Waals surface area contributed by atoms with Crippen molar-refractivity contribution in [1.29, 1.82) is 5.41 Å². The third-order valence-electron chi connectivity index (χ3n) is 1.26. The van der Waals surface area contributed by atoms with E-state index in [9.17, 15) is 0 Å². The molecule has 2 aromatic heterocycles. The third kappa shape index (κ3) is 0.556. The second-order valence-corrected chi connectivity index (χ2v) is 1.91. The normalized spacial score (nSPS) is 10.4. The molecule has 0 amide bonds. The van der Waals surface area contributed by atoms with Gasteiger partial charge in [-0.3, -0.25) is 0 Å². The van der Waals surface area contributed by atoms with E-state index in [0.717, 1.165) is 11.7 Å². The van der Waals surface area contributed by atoms with Crippen molar-refractivity contribution >= 4 is 11.7 Å². The van der Waals surface area contributed by atoms with Crippen LogP contribution in [-0.4, -0.2) is 16.0 Å². The summed E-state index contributed by atoms with van der Waals surface area (Å²) >= 11 is 0. The molecule has 4 nitrogen and oxygen atoms in total. The van der Waals surface area contributed by atoms with Crippen LogP contribution in [0.2, 0.25) is 0 Å². The molecule has 0 atom stereocenters. The van der Waals surface area contributed by atoms with Crippen molar-refractivity contribution in [3.63, 3.8) is 0 Å². The smallest absolute Gasteiger partial charge is 0.177 e. The number of aromatic nitrogens is 2. The average molecular weight is 135 g/mol. The first-order chi connectivity index (χ1) is 4.90. The van der Waals surface area contributed by atoms with Crippen molar-refractivity contribution in [2.75, 3.05) is 0 Å². The van der Waals surface area contributed by atoms with Crippen molar-refractivity contribution in [3.8, 4) is 0 Å². The lowest BCUT2D eigenvalue weighted by molar-refractivity contribution is 0.334. The fourth-order valence-electron chi connectivity index (χ4n) is 0.820. The zero-order valence-corrected chi connectivity index (χ0v) is 5.11. The van der Waals surface area contributed by atoms with Crippen molar-refractivity contribution < 1.29 is 4.52 Å². The first-order valence-electron chi connectivity index (χ1n) is 2.85. The summed E-state index contributed by atoms with van der Waals surface area (Å²) in [6, 6.07) is 3.57. The Kier molecular flexibility index (Phi) is 0.887. The summed E-state index contributed by atoms with van der Waals surface area (Å²) in [5.41, 5.74) is 0.874. The Morgan fingerprint density at radius 3 is 3.30 bits per heavy atom. The SMILES string of the molecule is N=Cc1cc2ccnn2o1. The minimum atomic E-state index is 0.517. The molecule has 10 heavy (non-hydrogen) atoms. The Labute approximate surface area is 56.5 Å². The fraction of sp³-hybridized carbons (Fsp3) is 0. The van der Waals surface area contributed by atoms with E-state index in [2.05, 4.69) is 5.10 Å². The van der Waals surface area contributed by atoms with Gasteiger partial charge in [0.1, 0.15) is 5.52 Å². The lowest BCUT2D eigenvalue weighted by Gasteiger charge is -1.76. The Morgan fingerprint density at radius 1 is 1.70 bits per heavy atom. The van der Waals surface area contributed by atoms with Gasteiger partial charge in [-0.2, -0.15) is 0 Å². The molecule has 0 unspecified atom stereocenters. The van der Waals surface area contributed by atoms with Gasteiger partial charge in [0.2, 0.25) is 0 Å². The maximum Gasteiger partial charge on any atom is 0.177 e. The van der Waals surface area contributed by atoms with Gasteiger partial charge in [-0.15, -0.1) is 5.10 Å². The second-order valence-electron chi connectivity index (χ2n) is 1.91. The summed E-state index contributed by atoms with van der Waals surface area (Å²) in [4.78, 5) is 0. The highest BCUT2D eigenvalue weighted by atomic mass is 16.5. The van der Waals surface area contributed by atoms with Gasteiger partial charge in [0.05, 0.1) is 12.4 Å². The first-order valence-corrected chi connectivity index (χ1v) is 2.85. The molecule has 1 N–H and O–H groups in total. The Balaban J connectivity index is 2.78. The predicted molar refractivity (Wildman–Crippen MR) is 35.3 cm³/mol. The molecule has 0 aliphatic heterocycles. The monoisotopic (exact) mass is 135 g/mol. The van der Waals surface area contributed by atoms with E-state index in [0.29, 0.717) is 5.76 Å². The Morgan fingerprint density at radius 2 is 2.60 bits per heavy atom. The maximum atomic E-state index is 6.86. The van der Waals surface area contributed by atoms with E-state index in [1.54, 1.807) is 12.3 Å². The molecule has 0 bridgehead atoms. The predicted octanol–water partition coefficient (Wildman–Crippen LogP) is 0.925. The Hall–Kier alpha value is -1.58. The summed E-state index contributed by atoms with van der Waals surface area (Å²) in [6.07, 6.45) is 2.79. The highest BCUT2D eigenvalue weighted by molar-refractivity contribution is 5.75. The van der Waals surface area contributed by atoms with E-state index < -0.39 is 0 Å². The third-order valence-corrected chi connectivity index (χ3v) is 1.26. The summed E-state index contributed by atoms with van der Waals surface area (Å²) < 4.78 is 6.40. The number of hydrogen-bond donors (Lipinski definition) is 1. The minimum Gasteiger partial charge on any atom is -0.356 e. The molecular weight excluding hydrogens is 130 g/mol. The summed E-state index contributed by atoms with van der Waals surface area (Å²) in [6.45, 7) is 0. The molecule has 0 radical (unpaired) electrons. The van der Waals surface area contributed by atoms with Crippen LogP contribution in [0.3, 0.4) is 0 Å². The van der Waals surface area contributed by atoms with Crippen molar-refractivity contribution in [3.05, 3.63) is 24.1 Å².